The topological polar surface area (TPSA) is 121 Å². The Kier molecular flexibility index (Phi) is 9.83. The van der Waals surface area contributed by atoms with Gasteiger partial charge in [0.1, 0.15) is 12.8 Å². The molecule has 0 fully saturated rings. The zero-order valence-corrected chi connectivity index (χ0v) is 14.4. The summed E-state index contributed by atoms with van der Waals surface area (Å²) >= 11 is 0. The number of likely N-dealkylation sites (N-methyl/N-ethyl adjacent to an activating group) is 1. The van der Waals surface area contributed by atoms with Gasteiger partial charge in [-0.2, -0.15) is 0 Å². The van der Waals surface area contributed by atoms with Gasteiger partial charge in [-0.05, 0) is 12.6 Å². The molecule has 3 amide bonds. The maximum atomic E-state index is 12.4. The highest BCUT2D eigenvalue weighted by molar-refractivity contribution is 5.91. The number of nitrogens with one attached hydrogen (secondary N) is 5. The number of carbonyl (C=O) groups is 3. The van der Waals surface area contributed by atoms with Crippen LogP contribution in [0.15, 0.2) is 30.3 Å². The predicted octanol–water partition coefficient (Wildman–Crippen LogP) is -1.73. The second kappa shape index (κ2) is 12.0. The smallest absolute Gasteiger partial charge is 0.243 e. The van der Waals surface area contributed by atoms with Crippen LogP contribution in [0, 0.1) is 0 Å². The number of hydrogen-bond donors (Lipinski definition) is 5. The minimum atomic E-state index is -0.774. The molecule has 138 valence electrons. The minimum Gasteiger partial charge on any atom is -0.345 e. The van der Waals surface area contributed by atoms with E-state index in [1.165, 1.54) is 0 Å². The van der Waals surface area contributed by atoms with E-state index in [1.807, 2.05) is 30.3 Å². The van der Waals surface area contributed by atoms with Crippen LogP contribution < -0.4 is 26.7 Å². The van der Waals surface area contributed by atoms with Gasteiger partial charge in [0.25, 0.3) is 0 Å². The molecule has 9 heteroatoms. The molecule has 0 aromatic heterocycles. The highest BCUT2D eigenvalue weighted by atomic mass is 16.6. The van der Waals surface area contributed by atoms with Crippen molar-refractivity contribution in [3.05, 3.63) is 35.9 Å². The first-order valence-corrected chi connectivity index (χ1v) is 7.87. The molecule has 1 aromatic carbocycles. The summed E-state index contributed by atoms with van der Waals surface area (Å²) in [7, 11) is 3.21. The molecular formula is C16H25N5O4. The summed E-state index contributed by atoms with van der Waals surface area (Å²) in [6.07, 6.45) is 0.326. The number of carbonyl (C=O) groups excluding carboxylic acids is 3. The highest BCUT2D eigenvalue weighted by Gasteiger charge is 2.21. The quantitative estimate of drug-likeness (QED) is 0.184. The van der Waals surface area contributed by atoms with Crippen molar-refractivity contribution in [2.45, 2.75) is 12.5 Å². The average Bonchev–Trinajstić information content (AvgIpc) is 2.60. The van der Waals surface area contributed by atoms with E-state index in [9.17, 15) is 14.4 Å². The van der Waals surface area contributed by atoms with Crippen molar-refractivity contribution in [2.75, 3.05) is 33.9 Å². The van der Waals surface area contributed by atoms with Crippen LogP contribution in [0.5, 0.6) is 0 Å². The molecule has 25 heavy (non-hydrogen) atoms. The molecule has 9 nitrogen and oxygen atoms in total. The third-order valence-electron chi connectivity index (χ3n) is 3.18. The fourth-order valence-corrected chi connectivity index (χ4v) is 2.01. The number of hydroxylamine groups is 1. The zero-order chi connectivity index (χ0) is 18.5. The SMILES string of the molecule is CNCC(=O)N[C@@H](Cc1ccccc1)C(=O)NCC(=O)NCONC. The van der Waals surface area contributed by atoms with Crippen molar-refractivity contribution < 1.29 is 19.2 Å². The van der Waals surface area contributed by atoms with Crippen LogP contribution in [0.25, 0.3) is 0 Å². The van der Waals surface area contributed by atoms with Gasteiger partial charge in [-0.15, -0.1) is 0 Å². The highest BCUT2D eigenvalue weighted by Crippen LogP contribution is 2.03. The van der Waals surface area contributed by atoms with Crippen molar-refractivity contribution in [1.29, 1.82) is 0 Å². The lowest BCUT2D eigenvalue weighted by molar-refractivity contribution is -0.130. The lowest BCUT2D eigenvalue weighted by atomic mass is 10.1. The van der Waals surface area contributed by atoms with Gasteiger partial charge >= 0.3 is 0 Å². The van der Waals surface area contributed by atoms with Crippen LogP contribution in [0.1, 0.15) is 5.56 Å². The number of rotatable bonds is 11. The molecule has 1 atom stereocenters. The first-order valence-electron chi connectivity index (χ1n) is 7.87. The monoisotopic (exact) mass is 351 g/mol. The van der Waals surface area contributed by atoms with Crippen molar-refractivity contribution in [3.63, 3.8) is 0 Å². The first-order chi connectivity index (χ1) is 12.1. The molecule has 1 aromatic rings. The molecule has 0 aliphatic heterocycles. The van der Waals surface area contributed by atoms with E-state index in [2.05, 4.69) is 26.7 Å². The summed E-state index contributed by atoms with van der Waals surface area (Å²) in [6.45, 7) is -0.128. The van der Waals surface area contributed by atoms with E-state index < -0.39 is 17.9 Å². The lowest BCUT2D eigenvalue weighted by Gasteiger charge is -2.18. The second-order valence-corrected chi connectivity index (χ2v) is 5.15. The van der Waals surface area contributed by atoms with Crippen LogP contribution in [0.2, 0.25) is 0 Å². The van der Waals surface area contributed by atoms with E-state index in [-0.39, 0.29) is 25.7 Å². The van der Waals surface area contributed by atoms with Crippen molar-refractivity contribution in [1.82, 2.24) is 26.7 Å². The maximum Gasteiger partial charge on any atom is 0.243 e. The molecule has 0 saturated heterocycles. The van der Waals surface area contributed by atoms with Gasteiger partial charge in [0.2, 0.25) is 17.7 Å². The van der Waals surface area contributed by atoms with Gasteiger partial charge in [-0.1, -0.05) is 30.3 Å². The lowest BCUT2D eigenvalue weighted by Crippen LogP contribution is -2.51. The molecule has 0 saturated carbocycles. The minimum absolute atomic E-state index is 0.0163. The Labute approximate surface area is 146 Å². The molecule has 0 spiro atoms. The van der Waals surface area contributed by atoms with Crippen molar-refractivity contribution in [2.24, 2.45) is 0 Å². The van der Waals surface area contributed by atoms with Crippen LogP contribution >= 0.6 is 0 Å². The second-order valence-electron chi connectivity index (χ2n) is 5.15. The summed E-state index contributed by atoms with van der Waals surface area (Å²) in [5, 5.41) is 10.4. The van der Waals surface area contributed by atoms with Crippen LogP contribution in [0.3, 0.4) is 0 Å². The van der Waals surface area contributed by atoms with E-state index in [0.717, 1.165) is 5.56 Å². The van der Waals surface area contributed by atoms with E-state index >= 15 is 0 Å². The molecule has 5 N–H and O–H groups in total. The molecule has 0 heterocycles. The van der Waals surface area contributed by atoms with Gasteiger partial charge in [-0.25, -0.2) is 5.48 Å². The van der Waals surface area contributed by atoms with Crippen LogP contribution in [0.4, 0.5) is 0 Å². The van der Waals surface area contributed by atoms with E-state index in [1.54, 1.807) is 14.1 Å². The normalized spacial score (nSPS) is 11.4. The molecule has 0 bridgehead atoms. The third kappa shape index (κ3) is 8.80. The molecule has 0 aliphatic rings. The number of amides is 3. The fraction of sp³-hybridized carbons (Fsp3) is 0.438. The van der Waals surface area contributed by atoms with Gasteiger partial charge in [-0.3, -0.25) is 19.2 Å². The van der Waals surface area contributed by atoms with E-state index in [0.29, 0.717) is 6.42 Å². The Hall–Kier alpha value is -2.49. The molecule has 0 aliphatic carbocycles. The Morgan fingerprint density at radius 1 is 1.00 bits per heavy atom. The largest absolute Gasteiger partial charge is 0.345 e. The molecular weight excluding hydrogens is 326 g/mol. The zero-order valence-electron chi connectivity index (χ0n) is 14.4. The van der Waals surface area contributed by atoms with Crippen LogP contribution in [-0.2, 0) is 25.6 Å². The van der Waals surface area contributed by atoms with Crippen LogP contribution in [-0.4, -0.2) is 57.7 Å². The summed E-state index contributed by atoms with van der Waals surface area (Å²) in [6, 6.07) is 8.54. The predicted molar refractivity (Wildman–Crippen MR) is 92.2 cm³/mol. The maximum absolute atomic E-state index is 12.4. The van der Waals surface area contributed by atoms with Crippen molar-refractivity contribution >= 4 is 17.7 Å². The summed E-state index contributed by atoms with van der Waals surface area (Å²) < 4.78 is 0. The molecule has 0 radical (unpaired) electrons. The van der Waals surface area contributed by atoms with Gasteiger partial charge < -0.3 is 21.3 Å². The third-order valence-corrected chi connectivity index (χ3v) is 3.18. The Morgan fingerprint density at radius 2 is 1.72 bits per heavy atom. The number of benzene rings is 1. The van der Waals surface area contributed by atoms with Gasteiger partial charge in [0, 0.05) is 13.5 Å². The molecule has 0 unspecified atom stereocenters. The first kappa shape index (κ1) is 20.6. The number of hydrogen-bond acceptors (Lipinski definition) is 6. The summed E-state index contributed by atoms with van der Waals surface area (Å²) in [5.74, 6) is -1.13. The standard InChI is InChI=1S/C16H25N5O4/c1-17-9-15(23)21-13(8-12-6-4-3-5-7-12)16(24)19-10-14(22)20-11-25-18-2/h3-7,13,17-18H,8-11H2,1-2H3,(H,19,24)(H,20,22)(H,21,23)/t13-/m0/s1. The summed E-state index contributed by atoms with van der Waals surface area (Å²) in [5.41, 5.74) is 3.31. The summed E-state index contributed by atoms with van der Waals surface area (Å²) in [4.78, 5) is 40.5. The molecule has 1 rings (SSSR count). The Bertz CT molecular complexity index is 553. The Morgan fingerprint density at radius 3 is 2.36 bits per heavy atom. The fourth-order valence-electron chi connectivity index (χ4n) is 2.01. The van der Waals surface area contributed by atoms with Gasteiger partial charge in [0.05, 0.1) is 13.1 Å². The average molecular weight is 351 g/mol. The van der Waals surface area contributed by atoms with Gasteiger partial charge in [0.15, 0.2) is 0 Å². The van der Waals surface area contributed by atoms with Crippen molar-refractivity contribution in [3.8, 4) is 0 Å². The Balaban J connectivity index is 2.59. The van der Waals surface area contributed by atoms with E-state index in [4.69, 9.17) is 4.84 Å².